The SMILES string of the molecule is Cc1cc2nnn(C[C@@H](C)NC(=O)Cc3ccsc3)c2cc1C. The van der Waals surface area contributed by atoms with Crippen LogP contribution in [0.25, 0.3) is 11.0 Å². The monoisotopic (exact) mass is 328 g/mol. The zero-order valence-corrected chi connectivity index (χ0v) is 14.4. The van der Waals surface area contributed by atoms with Crippen molar-refractivity contribution in [1.82, 2.24) is 20.3 Å². The fourth-order valence-electron chi connectivity index (χ4n) is 2.57. The molecule has 0 saturated carbocycles. The lowest BCUT2D eigenvalue weighted by atomic mass is 10.1. The van der Waals surface area contributed by atoms with Crippen molar-refractivity contribution in [3.05, 3.63) is 45.6 Å². The summed E-state index contributed by atoms with van der Waals surface area (Å²) in [5.41, 5.74) is 5.38. The van der Waals surface area contributed by atoms with Gasteiger partial charge in [-0.05, 0) is 66.4 Å². The molecule has 0 spiro atoms. The molecule has 0 unspecified atom stereocenters. The smallest absolute Gasteiger partial charge is 0.224 e. The second-order valence-electron chi connectivity index (χ2n) is 5.97. The number of hydrogen-bond donors (Lipinski definition) is 1. The Morgan fingerprint density at radius 2 is 2.13 bits per heavy atom. The molecule has 0 radical (unpaired) electrons. The maximum Gasteiger partial charge on any atom is 0.224 e. The van der Waals surface area contributed by atoms with Gasteiger partial charge in [-0.2, -0.15) is 11.3 Å². The molecule has 6 heteroatoms. The number of carbonyl (C=O) groups excluding carboxylic acids is 1. The zero-order valence-electron chi connectivity index (χ0n) is 13.5. The number of carbonyl (C=O) groups is 1. The molecule has 3 aromatic rings. The second kappa shape index (κ2) is 6.50. The molecule has 0 aliphatic heterocycles. The van der Waals surface area contributed by atoms with Crippen LogP contribution in [0, 0.1) is 13.8 Å². The summed E-state index contributed by atoms with van der Waals surface area (Å²) in [4.78, 5) is 12.1. The Morgan fingerprint density at radius 3 is 2.87 bits per heavy atom. The summed E-state index contributed by atoms with van der Waals surface area (Å²) >= 11 is 1.61. The number of amides is 1. The number of thiophene rings is 1. The molecule has 2 aromatic heterocycles. The number of fused-ring (bicyclic) bond motifs is 1. The number of benzene rings is 1. The Bertz CT molecular complexity index is 823. The van der Waals surface area contributed by atoms with Crippen LogP contribution in [0.4, 0.5) is 0 Å². The first-order chi connectivity index (χ1) is 11.0. The van der Waals surface area contributed by atoms with Gasteiger partial charge in [-0.15, -0.1) is 5.10 Å². The van der Waals surface area contributed by atoms with Crippen molar-refractivity contribution in [2.75, 3.05) is 0 Å². The standard InChI is InChI=1S/C17H20N4OS/c1-11-6-15-16(7-12(11)2)21(20-19-15)9-13(3)18-17(22)8-14-4-5-23-10-14/h4-7,10,13H,8-9H2,1-3H3,(H,18,22)/t13-/m1/s1. The van der Waals surface area contributed by atoms with E-state index in [1.807, 2.05) is 34.5 Å². The zero-order chi connectivity index (χ0) is 16.4. The van der Waals surface area contributed by atoms with Crippen molar-refractivity contribution >= 4 is 28.3 Å². The minimum Gasteiger partial charge on any atom is -0.351 e. The van der Waals surface area contributed by atoms with Gasteiger partial charge in [-0.25, -0.2) is 4.68 Å². The maximum absolute atomic E-state index is 12.1. The number of aromatic nitrogens is 3. The van der Waals surface area contributed by atoms with E-state index < -0.39 is 0 Å². The second-order valence-corrected chi connectivity index (χ2v) is 6.75. The third kappa shape index (κ3) is 3.59. The van der Waals surface area contributed by atoms with Crippen LogP contribution in [0.1, 0.15) is 23.6 Å². The van der Waals surface area contributed by atoms with Crippen molar-refractivity contribution in [1.29, 1.82) is 0 Å². The Morgan fingerprint density at radius 1 is 1.35 bits per heavy atom. The highest BCUT2D eigenvalue weighted by Gasteiger charge is 2.12. The quantitative estimate of drug-likeness (QED) is 0.783. The van der Waals surface area contributed by atoms with E-state index in [2.05, 4.69) is 35.5 Å². The highest BCUT2D eigenvalue weighted by Crippen LogP contribution is 2.17. The average molecular weight is 328 g/mol. The average Bonchev–Trinajstić information content (AvgIpc) is 3.11. The van der Waals surface area contributed by atoms with Gasteiger partial charge in [0.15, 0.2) is 0 Å². The molecule has 120 valence electrons. The fraction of sp³-hybridized carbons (Fsp3) is 0.353. The van der Waals surface area contributed by atoms with Crippen LogP contribution in [-0.2, 0) is 17.8 Å². The van der Waals surface area contributed by atoms with E-state index >= 15 is 0 Å². The van der Waals surface area contributed by atoms with Crippen LogP contribution in [0.15, 0.2) is 29.0 Å². The van der Waals surface area contributed by atoms with E-state index in [0.29, 0.717) is 13.0 Å². The number of nitrogens with zero attached hydrogens (tertiary/aromatic N) is 3. The predicted octanol–water partition coefficient (Wildman–Crippen LogP) is 2.86. The van der Waals surface area contributed by atoms with Crippen LogP contribution in [0.5, 0.6) is 0 Å². The minimum absolute atomic E-state index is 0.00681. The van der Waals surface area contributed by atoms with Gasteiger partial charge < -0.3 is 5.32 Å². The summed E-state index contributed by atoms with van der Waals surface area (Å²) in [6, 6.07) is 6.12. The van der Waals surface area contributed by atoms with E-state index in [0.717, 1.165) is 16.6 Å². The third-order valence-corrected chi connectivity index (χ3v) is 4.66. The molecule has 0 aliphatic carbocycles. The lowest BCUT2D eigenvalue weighted by Crippen LogP contribution is -2.36. The van der Waals surface area contributed by atoms with Crippen molar-refractivity contribution < 1.29 is 4.79 Å². The van der Waals surface area contributed by atoms with E-state index in [-0.39, 0.29) is 11.9 Å². The molecule has 0 saturated heterocycles. The van der Waals surface area contributed by atoms with Crippen LogP contribution >= 0.6 is 11.3 Å². The van der Waals surface area contributed by atoms with Gasteiger partial charge in [-0.3, -0.25) is 4.79 Å². The summed E-state index contributed by atoms with van der Waals surface area (Å²) in [5.74, 6) is 0.0346. The summed E-state index contributed by atoms with van der Waals surface area (Å²) in [6.07, 6.45) is 0.421. The summed E-state index contributed by atoms with van der Waals surface area (Å²) in [6.45, 7) is 6.74. The Balaban J connectivity index is 1.67. The first-order valence-corrected chi connectivity index (χ1v) is 8.58. The van der Waals surface area contributed by atoms with Gasteiger partial charge in [0.2, 0.25) is 5.91 Å². The summed E-state index contributed by atoms with van der Waals surface area (Å²) < 4.78 is 1.86. The van der Waals surface area contributed by atoms with Gasteiger partial charge in [0.1, 0.15) is 5.52 Å². The molecule has 1 amide bonds. The Kier molecular flexibility index (Phi) is 4.43. The lowest BCUT2D eigenvalue weighted by Gasteiger charge is -2.14. The molecule has 0 fully saturated rings. The fourth-order valence-corrected chi connectivity index (χ4v) is 3.24. The lowest BCUT2D eigenvalue weighted by molar-refractivity contribution is -0.121. The molecule has 23 heavy (non-hydrogen) atoms. The van der Waals surface area contributed by atoms with Gasteiger partial charge >= 0.3 is 0 Å². The Labute approximate surface area is 139 Å². The highest BCUT2D eigenvalue weighted by molar-refractivity contribution is 7.08. The van der Waals surface area contributed by atoms with E-state index in [4.69, 9.17) is 0 Å². The largest absolute Gasteiger partial charge is 0.351 e. The first kappa shape index (κ1) is 15.7. The molecule has 5 nitrogen and oxygen atoms in total. The number of nitrogens with one attached hydrogen (secondary N) is 1. The molecule has 3 rings (SSSR count). The summed E-state index contributed by atoms with van der Waals surface area (Å²) in [5, 5.41) is 15.4. The minimum atomic E-state index is -0.00681. The molecule has 1 N–H and O–H groups in total. The molecule has 0 aliphatic rings. The first-order valence-electron chi connectivity index (χ1n) is 7.64. The maximum atomic E-state index is 12.1. The van der Waals surface area contributed by atoms with Gasteiger partial charge in [-0.1, -0.05) is 5.21 Å². The molecular weight excluding hydrogens is 308 g/mol. The Hall–Kier alpha value is -2.21. The summed E-state index contributed by atoms with van der Waals surface area (Å²) in [7, 11) is 0. The van der Waals surface area contributed by atoms with Crippen LogP contribution in [0.3, 0.4) is 0 Å². The highest BCUT2D eigenvalue weighted by atomic mass is 32.1. The molecule has 1 atom stereocenters. The van der Waals surface area contributed by atoms with E-state index in [9.17, 15) is 4.79 Å². The van der Waals surface area contributed by atoms with Crippen molar-refractivity contribution in [2.45, 2.75) is 39.8 Å². The molecule has 0 bridgehead atoms. The molecular formula is C17H20N4OS. The van der Waals surface area contributed by atoms with Crippen LogP contribution in [0.2, 0.25) is 0 Å². The van der Waals surface area contributed by atoms with Gasteiger partial charge in [0.05, 0.1) is 18.5 Å². The van der Waals surface area contributed by atoms with Crippen LogP contribution < -0.4 is 5.32 Å². The third-order valence-electron chi connectivity index (χ3n) is 3.93. The normalized spacial score (nSPS) is 12.5. The number of aryl methyl sites for hydroxylation is 2. The molecule has 2 heterocycles. The van der Waals surface area contributed by atoms with Gasteiger partial charge in [0, 0.05) is 6.04 Å². The van der Waals surface area contributed by atoms with Gasteiger partial charge in [0.25, 0.3) is 0 Å². The van der Waals surface area contributed by atoms with Crippen molar-refractivity contribution in [3.8, 4) is 0 Å². The number of rotatable bonds is 5. The number of hydrogen-bond acceptors (Lipinski definition) is 4. The van der Waals surface area contributed by atoms with Crippen LogP contribution in [-0.4, -0.2) is 26.9 Å². The van der Waals surface area contributed by atoms with Crippen molar-refractivity contribution in [3.63, 3.8) is 0 Å². The van der Waals surface area contributed by atoms with E-state index in [1.54, 1.807) is 11.3 Å². The predicted molar refractivity (Wildman–Crippen MR) is 92.6 cm³/mol. The molecule has 1 aromatic carbocycles. The topological polar surface area (TPSA) is 59.8 Å². The van der Waals surface area contributed by atoms with Crippen molar-refractivity contribution in [2.24, 2.45) is 0 Å². The van der Waals surface area contributed by atoms with E-state index in [1.165, 1.54) is 11.1 Å².